The zero-order valence-electron chi connectivity index (χ0n) is 19.4. The summed E-state index contributed by atoms with van der Waals surface area (Å²) >= 11 is 0. The SMILES string of the molecule is C[Si](C)(C)C#CCc1cn(CC2CN(c3ccc(C4=CCS(=O)(=O)CC4)c(F)c3)C(=O)O2)nn1. The fraction of sp³-hybridized carbons (Fsp3) is 0.435. The van der Waals surface area contributed by atoms with Crippen molar-refractivity contribution in [1.29, 1.82) is 0 Å². The maximum absolute atomic E-state index is 14.8. The number of nitrogens with zero attached hydrogens (tertiary/aromatic N) is 4. The standard InChI is InChI=1S/C23H27FN4O4SSi/c1-34(2,3)12-4-5-18-14-27(26-25-18)15-20-16-28(23(29)32-20)19-6-7-21(22(24)13-19)17-8-10-33(30,31)11-9-17/h6-8,13-14,20H,5,9-11,15-16H2,1-3H3. The Morgan fingerprint density at radius 3 is 2.76 bits per heavy atom. The van der Waals surface area contributed by atoms with Crippen LogP contribution in [0.15, 0.2) is 30.5 Å². The second-order valence-electron chi connectivity index (χ2n) is 9.53. The molecule has 1 aromatic carbocycles. The Kier molecular flexibility index (Phi) is 6.64. The van der Waals surface area contributed by atoms with E-state index in [9.17, 15) is 17.6 Å². The molecule has 2 aliphatic rings. The molecule has 0 spiro atoms. The van der Waals surface area contributed by atoms with Gasteiger partial charge in [0.05, 0.1) is 42.4 Å². The number of sulfone groups is 1. The van der Waals surface area contributed by atoms with Gasteiger partial charge in [-0.25, -0.2) is 22.3 Å². The van der Waals surface area contributed by atoms with Gasteiger partial charge in [-0.05, 0) is 30.2 Å². The summed E-state index contributed by atoms with van der Waals surface area (Å²) in [6.45, 7) is 7.12. The number of aromatic nitrogens is 3. The van der Waals surface area contributed by atoms with Crippen molar-refractivity contribution >= 4 is 35.3 Å². The van der Waals surface area contributed by atoms with Gasteiger partial charge < -0.3 is 4.74 Å². The second-order valence-corrected chi connectivity index (χ2v) is 16.5. The smallest absolute Gasteiger partial charge is 0.414 e. The number of ether oxygens (including phenoxy) is 1. The number of hydrogen-bond donors (Lipinski definition) is 0. The lowest BCUT2D eigenvalue weighted by Crippen LogP contribution is -2.26. The topological polar surface area (TPSA) is 94.4 Å². The van der Waals surface area contributed by atoms with Gasteiger partial charge in [-0.1, -0.05) is 30.9 Å². The fourth-order valence-corrected chi connectivity index (χ4v) is 5.57. The van der Waals surface area contributed by atoms with E-state index in [-0.39, 0.29) is 24.5 Å². The molecule has 0 radical (unpaired) electrons. The highest BCUT2D eigenvalue weighted by molar-refractivity contribution is 7.91. The predicted octanol–water partition coefficient (Wildman–Crippen LogP) is 3.07. The number of allylic oxidation sites excluding steroid dienone is 1. The highest BCUT2D eigenvalue weighted by Gasteiger charge is 2.33. The molecule has 0 N–H and O–H groups in total. The summed E-state index contributed by atoms with van der Waals surface area (Å²) in [6, 6.07) is 4.52. The zero-order valence-corrected chi connectivity index (χ0v) is 21.2. The third kappa shape index (κ3) is 5.93. The number of amides is 1. The van der Waals surface area contributed by atoms with Gasteiger partial charge in [0.2, 0.25) is 0 Å². The minimum Gasteiger partial charge on any atom is -0.442 e. The Balaban J connectivity index is 1.40. The van der Waals surface area contributed by atoms with E-state index in [0.717, 1.165) is 5.69 Å². The Morgan fingerprint density at radius 1 is 1.29 bits per heavy atom. The van der Waals surface area contributed by atoms with Crippen LogP contribution in [-0.4, -0.2) is 61.7 Å². The molecule has 0 saturated carbocycles. The molecular formula is C23H27FN4O4SSi. The van der Waals surface area contributed by atoms with Crippen LogP contribution in [0, 0.1) is 17.3 Å². The molecule has 1 saturated heterocycles. The number of cyclic esters (lactones) is 1. The lowest BCUT2D eigenvalue weighted by atomic mass is 10.0. The molecule has 4 rings (SSSR count). The summed E-state index contributed by atoms with van der Waals surface area (Å²) in [5.41, 5.74) is 5.46. The molecule has 2 aromatic rings. The van der Waals surface area contributed by atoms with Gasteiger partial charge in [0, 0.05) is 11.8 Å². The van der Waals surface area contributed by atoms with Crippen LogP contribution in [0.4, 0.5) is 14.9 Å². The van der Waals surface area contributed by atoms with Crippen molar-refractivity contribution in [3.05, 3.63) is 47.5 Å². The molecule has 0 bridgehead atoms. The molecule has 1 unspecified atom stereocenters. The van der Waals surface area contributed by atoms with Crippen LogP contribution in [-0.2, 0) is 27.5 Å². The average Bonchev–Trinajstić information content (AvgIpc) is 3.33. The lowest BCUT2D eigenvalue weighted by Gasteiger charge is -2.17. The first-order chi connectivity index (χ1) is 16.0. The van der Waals surface area contributed by atoms with Gasteiger partial charge >= 0.3 is 6.09 Å². The van der Waals surface area contributed by atoms with E-state index in [0.29, 0.717) is 29.8 Å². The maximum atomic E-state index is 14.8. The van der Waals surface area contributed by atoms with Crippen LogP contribution in [0.2, 0.25) is 19.6 Å². The quantitative estimate of drug-likeness (QED) is 0.461. The summed E-state index contributed by atoms with van der Waals surface area (Å²) in [5, 5.41) is 8.22. The van der Waals surface area contributed by atoms with E-state index in [1.165, 1.54) is 11.0 Å². The van der Waals surface area contributed by atoms with Gasteiger partial charge in [-0.15, -0.1) is 16.6 Å². The number of carbonyl (C=O) groups is 1. The number of benzene rings is 1. The molecule has 180 valence electrons. The highest BCUT2D eigenvalue weighted by Crippen LogP contribution is 2.30. The Bertz CT molecular complexity index is 1300. The van der Waals surface area contributed by atoms with E-state index < -0.39 is 35.9 Å². The van der Waals surface area contributed by atoms with Crippen molar-refractivity contribution in [1.82, 2.24) is 15.0 Å². The van der Waals surface area contributed by atoms with Gasteiger partial charge in [0.25, 0.3) is 0 Å². The number of rotatable bonds is 5. The second kappa shape index (κ2) is 9.35. The van der Waals surface area contributed by atoms with Crippen LogP contribution in [0.5, 0.6) is 0 Å². The number of anilines is 1. The summed E-state index contributed by atoms with van der Waals surface area (Å²) in [6.07, 6.45) is 3.14. The van der Waals surface area contributed by atoms with Crippen molar-refractivity contribution < 1.29 is 22.3 Å². The van der Waals surface area contributed by atoms with Gasteiger partial charge in [0.1, 0.15) is 20.0 Å². The summed E-state index contributed by atoms with van der Waals surface area (Å²) in [4.78, 5) is 13.8. The summed E-state index contributed by atoms with van der Waals surface area (Å²) in [5.74, 6) is 2.58. The van der Waals surface area contributed by atoms with Crippen molar-refractivity contribution in [3.8, 4) is 11.5 Å². The van der Waals surface area contributed by atoms with Crippen LogP contribution >= 0.6 is 0 Å². The van der Waals surface area contributed by atoms with Crippen LogP contribution in [0.1, 0.15) is 17.7 Å². The van der Waals surface area contributed by atoms with Crippen molar-refractivity contribution in [3.63, 3.8) is 0 Å². The van der Waals surface area contributed by atoms with E-state index in [2.05, 4.69) is 41.4 Å². The number of halogens is 1. The molecule has 2 aliphatic heterocycles. The van der Waals surface area contributed by atoms with Crippen LogP contribution in [0.3, 0.4) is 0 Å². The molecule has 3 heterocycles. The third-order valence-electron chi connectivity index (χ3n) is 5.46. The molecule has 0 aliphatic carbocycles. The van der Waals surface area contributed by atoms with E-state index in [1.54, 1.807) is 29.1 Å². The lowest BCUT2D eigenvalue weighted by molar-refractivity contribution is 0.129. The van der Waals surface area contributed by atoms with E-state index in [1.807, 2.05) is 0 Å². The molecule has 1 fully saturated rings. The first kappa shape index (κ1) is 24.2. The zero-order chi connectivity index (χ0) is 24.5. The van der Waals surface area contributed by atoms with Crippen molar-refractivity contribution in [2.75, 3.05) is 23.0 Å². The largest absolute Gasteiger partial charge is 0.442 e. The van der Waals surface area contributed by atoms with Crippen LogP contribution in [0.25, 0.3) is 5.57 Å². The minimum atomic E-state index is -3.09. The Morgan fingerprint density at radius 2 is 2.09 bits per heavy atom. The first-order valence-corrected chi connectivity index (χ1v) is 16.4. The van der Waals surface area contributed by atoms with Gasteiger partial charge in [-0.3, -0.25) is 4.90 Å². The van der Waals surface area contributed by atoms with Crippen molar-refractivity contribution in [2.24, 2.45) is 0 Å². The summed E-state index contributed by atoms with van der Waals surface area (Å²) in [7, 11) is -4.53. The molecule has 34 heavy (non-hydrogen) atoms. The first-order valence-electron chi connectivity index (χ1n) is 11.1. The molecular weight excluding hydrogens is 475 g/mol. The van der Waals surface area contributed by atoms with Gasteiger partial charge in [-0.2, -0.15) is 0 Å². The van der Waals surface area contributed by atoms with Crippen molar-refractivity contribution in [2.45, 2.75) is 45.1 Å². The third-order valence-corrected chi connectivity index (χ3v) is 7.89. The maximum Gasteiger partial charge on any atom is 0.414 e. The Labute approximate surface area is 199 Å². The monoisotopic (exact) mass is 502 g/mol. The molecule has 8 nitrogen and oxygen atoms in total. The number of carbonyl (C=O) groups excluding carboxylic acids is 1. The Hall–Kier alpha value is -2.97. The molecule has 1 atom stereocenters. The highest BCUT2D eigenvalue weighted by atomic mass is 32.2. The summed E-state index contributed by atoms with van der Waals surface area (Å²) < 4.78 is 45.1. The molecule has 1 aromatic heterocycles. The van der Waals surface area contributed by atoms with E-state index in [4.69, 9.17) is 4.74 Å². The fourth-order valence-electron chi connectivity index (χ4n) is 3.80. The normalized spacial score (nSPS) is 19.9. The predicted molar refractivity (Wildman–Crippen MR) is 130 cm³/mol. The minimum absolute atomic E-state index is 0.00898. The molecule has 11 heteroatoms. The van der Waals surface area contributed by atoms with E-state index >= 15 is 0 Å². The van der Waals surface area contributed by atoms with Gasteiger partial charge in [0.15, 0.2) is 9.84 Å². The van der Waals surface area contributed by atoms with Crippen LogP contribution < -0.4 is 4.90 Å². The molecule has 1 amide bonds. The average molecular weight is 503 g/mol. The number of hydrogen-bond acceptors (Lipinski definition) is 6.